The Labute approximate surface area is 231 Å². The summed E-state index contributed by atoms with van der Waals surface area (Å²) in [5.74, 6) is -0.694. The number of allylic oxidation sites excluding steroid dienone is 1. The van der Waals surface area contributed by atoms with E-state index >= 15 is 0 Å². The number of hydrogen-bond acceptors (Lipinski definition) is 8. The van der Waals surface area contributed by atoms with Crippen LogP contribution in [0.1, 0.15) is 30.8 Å². The van der Waals surface area contributed by atoms with Crippen molar-refractivity contribution in [2.24, 2.45) is 0 Å². The van der Waals surface area contributed by atoms with Crippen LogP contribution in [0, 0.1) is 0 Å². The van der Waals surface area contributed by atoms with Crippen molar-refractivity contribution in [1.82, 2.24) is 34.7 Å². The lowest BCUT2D eigenvalue weighted by Crippen LogP contribution is -2.44. The Morgan fingerprint density at radius 1 is 1.24 bits per heavy atom. The first-order valence-corrected chi connectivity index (χ1v) is 12.4. The number of carbonyl (C=O) groups excluding carboxylic acids is 3. The maximum absolute atomic E-state index is 13.1. The zero-order valence-corrected chi connectivity index (χ0v) is 22.5. The van der Waals surface area contributed by atoms with Gasteiger partial charge in [-0.3, -0.25) is 14.4 Å². The molecule has 1 atom stereocenters. The second-order valence-electron chi connectivity index (χ2n) is 9.06. The van der Waals surface area contributed by atoms with Crippen LogP contribution in [0.2, 0.25) is 0 Å². The predicted molar refractivity (Wildman–Crippen MR) is 141 cm³/mol. The Balaban J connectivity index is 1.75. The number of nitrogens with one attached hydrogen (secondary N) is 3. The van der Waals surface area contributed by atoms with Gasteiger partial charge >= 0.3 is 12.3 Å². The smallest absolute Gasteiger partial charge is 0.407 e. The van der Waals surface area contributed by atoms with Gasteiger partial charge in [0, 0.05) is 33.1 Å². The Kier molecular flexibility index (Phi) is 10.2. The summed E-state index contributed by atoms with van der Waals surface area (Å²) < 4.78 is 43.9. The van der Waals surface area contributed by atoms with Gasteiger partial charge in [-0.2, -0.15) is 13.2 Å². The van der Waals surface area contributed by atoms with Crippen LogP contribution < -0.4 is 16.2 Å². The third-order valence-corrected chi connectivity index (χ3v) is 5.77. The first-order chi connectivity index (χ1) is 19.4. The molecule has 3 amide bonds. The van der Waals surface area contributed by atoms with Gasteiger partial charge in [0.25, 0.3) is 5.56 Å². The van der Waals surface area contributed by atoms with Gasteiger partial charge in [-0.25, -0.2) is 19.7 Å². The van der Waals surface area contributed by atoms with Crippen LogP contribution in [0.3, 0.4) is 0 Å². The van der Waals surface area contributed by atoms with Gasteiger partial charge in [0.05, 0.1) is 19.3 Å². The number of rotatable bonds is 11. The minimum absolute atomic E-state index is 0.0886. The number of pyridine rings is 1. The van der Waals surface area contributed by atoms with E-state index in [9.17, 15) is 32.3 Å². The van der Waals surface area contributed by atoms with Crippen molar-refractivity contribution in [3.63, 3.8) is 0 Å². The predicted octanol–water partition coefficient (Wildman–Crippen LogP) is 2.15. The van der Waals surface area contributed by atoms with Crippen LogP contribution in [0.5, 0.6) is 0 Å². The van der Waals surface area contributed by atoms with E-state index in [2.05, 4.69) is 35.3 Å². The topological polar surface area (TPSA) is 164 Å². The fraction of sp³-hybridized carbons (Fsp3) is 0.400. The van der Waals surface area contributed by atoms with E-state index in [1.54, 1.807) is 20.2 Å². The van der Waals surface area contributed by atoms with E-state index < -0.39 is 36.2 Å². The van der Waals surface area contributed by atoms with E-state index in [1.807, 2.05) is 0 Å². The number of anilines is 1. The summed E-state index contributed by atoms with van der Waals surface area (Å²) >= 11 is 0. The third kappa shape index (κ3) is 8.87. The van der Waals surface area contributed by atoms with E-state index in [-0.39, 0.29) is 60.1 Å². The largest absolute Gasteiger partial charge is 0.453 e. The molecule has 220 valence electrons. The number of aromatic nitrogens is 5. The van der Waals surface area contributed by atoms with Crippen molar-refractivity contribution in [1.29, 1.82) is 0 Å². The van der Waals surface area contributed by atoms with Crippen LogP contribution in [0.25, 0.3) is 11.2 Å². The number of alkyl carbamates (subject to hydrolysis) is 1. The minimum atomic E-state index is -4.36. The molecule has 0 aliphatic carbocycles. The molecule has 0 bridgehead atoms. The highest BCUT2D eigenvalue weighted by Crippen LogP contribution is 2.23. The second-order valence-corrected chi connectivity index (χ2v) is 9.06. The Bertz CT molecular complexity index is 1480. The average molecular weight is 579 g/mol. The van der Waals surface area contributed by atoms with Crippen molar-refractivity contribution in [2.45, 2.75) is 44.4 Å². The molecule has 0 fully saturated rings. The fourth-order valence-electron chi connectivity index (χ4n) is 3.65. The average Bonchev–Trinajstić information content (AvgIpc) is 3.33. The molecule has 0 aliphatic heterocycles. The number of fused-ring (bicyclic) bond motifs is 1. The molecule has 3 aromatic rings. The van der Waals surface area contributed by atoms with Gasteiger partial charge in [-0.15, -0.1) is 0 Å². The molecule has 0 radical (unpaired) electrons. The maximum atomic E-state index is 13.1. The number of nitrogens with zero attached hydrogens (tertiary/aromatic N) is 5. The normalized spacial score (nSPS) is 12.3. The molecule has 13 nitrogen and oxygen atoms in total. The fourth-order valence-corrected chi connectivity index (χ4v) is 3.65. The summed E-state index contributed by atoms with van der Waals surface area (Å²) in [5, 5.41) is 4.90. The SMILES string of the molecule is COC(=O)N[C@@H](CC/C=C/C(=O)N(C)C)C(=O)Nc1cccn(Cc2nc3c(CCC(F)(F)F)ncnc3[nH]2)c1=O. The number of ether oxygens (including phenoxy) is 1. The summed E-state index contributed by atoms with van der Waals surface area (Å²) in [6.45, 7) is -0.105. The van der Waals surface area contributed by atoms with Crippen LogP contribution >= 0.6 is 0 Å². The number of likely N-dealkylation sites (N-methyl/N-ethyl adjacent to an activating group) is 1. The Morgan fingerprint density at radius 3 is 2.68 bits per heavy atom. The lowest BCUT2D eigenvalue weighted by molar-refractivity contribution is -0.134. The van der Waals surface area contributed by atoms with E-state index in [0.717, 1.165) is 13.4 Å². The highest BCUT2D eigenvalue weighted by Gasteiger charge is 2.28. The van der Waals surface area contributed by atoms with Crippen molar-refractivity contribution in [2.75, 3.05) is 26.5 Å². The number of methoxy groups -OCH3 is 1. The molecule has 0 aliphatic rings. The number of alkyl halides is 3. The van der Waals surface area contributed by atoms with Crippen LogP contribution in [0.4, 0.5) is 23.7 Å². The lowest BCUT2D eigenvalue weighted by Gasteiger charge is -2.17. The summed E-state index contributed by atoms with van der Waals surface area (Å²) in [4.78, 5) is 66.0. The van der Waals surface area contributed by atoms with Crippen molar-refractivity contribution < 1.29 is 32.3 Å². The molecule has 0 unspecified atom stereocenters. The highest BCUT2D eigenvalue weighted by molar-refractivity contribution is 5.96. The van der Waals surface area contributed by atoms with E-state index in [4.69, 9.17) is 0 Å². The van der Waals surface area contributed by atoms with E-state index in [1.165, 1.54) is 33.9 Å². The van der Waals surface area contributed by atoms with Gasteiger partial charge < -0.3 is 29.8 Å². The Hall–Kier alpha value is -4.76. The number of amides is 3. The molecule has 0 saturated heterocycles. The number of halogens is 3. The van der Waals surface area contributed by atoms with Gasteiger partial charge in [0.2, 0.25) is 11.8 Å². The van der Waals surface area contributed by atoms with Crippen LogP contribution in [0.15, 0.2) is 41.6 Å². The molecular formula is C25H29F3N8O5. The van der Waals surface area contributed by atoms with Crippen molar-refractivity contribution in [3.8, 4) is 0 Å². The summed E-state index contributed by atoms with van der Waals surface area (Å²) in [7, 11) is 4.32. The molecule has 0 spiro atoms. The second kappa shape index (κ2) is 13.5. The number of hydrogen-bond donors (Lipinski definition) is 3. The Morgan fingerprint density at radius 2 is 2.00 bits per heavy atom. The quantitative estimate of drug-likeness (QED) is 0.291. The molecule has 0 aromatic carbocycles. The lowest BCUT2D eigenvalue weighted by atomic mass is 10.1. The first kappa shape index (κ1) is 30.8. The molecular weight excluding hydrogens is 549 g/mol. The first-order valence-electron chi connectivity index (χ1n) is 12.4. The van der Waals surface area contributed by atoms with Gasteiger partial charge in [0.1, 0.15) is 29.4 Å². The number of carbonyl (C=O) groups is 3. The monoisotopic (exact) mass is 578 g/mol. The van der Waals surface area contributed by atoms with Crippen molar-refractivity contribution in [3.05, 3.63) is 58.7 Å². The molecule has 3 rings (SSSR count). The number of H-pyrrole nitrogens is 1. The molecule has 41 heavy (non-hydrogen) atoms. The minimum Gasteiger partial charge on any atom is -0.453 e. The summed E-state index contributed by atoms with van der Waals surface area (Å²) in [5.41, 5.74) is -0.175. The highest BCUT2D eigenvalue weighted by atomic mass is 19.4. The molecule has 3 N–H and O–H groups in total. The number of aryl methyl sites for hydroxylation is 1. The summed E-state index contributed by atoms with van der Waals surface area (Å²) in [6.07, 6.45) is -0.819. The third-order valence-electron chi connectivity index (χ3n) is 5.77. The zero-order valence-electron chi connectivity index (χ0n) is 22.5. The van der Waals surface area contributed by atoms with Gasteiger partial charge in [-0.05, 0) is 31.1 Å². The standard InChI is InChI=1S/C25H29F3N8O5/c1-35(2)19(37)9-5-4-7-16(32-24(40)41-3)22(38)31-17-8-6-12-36(23(17)39)13-18-33-20-15(10-11-25(26,27)28)29-14-30-21(20)34-18/h5-6,8-9,12,14,16H,4,7,10-11,13H2,1-3H3,(H,31,38)(H,32,40)(H,29,30,33,34)/b9-5+/t16-/m0/s1. The van der Waals surface area contributed by atoms with Crippen LogP contribution in [-0.2, 0) is 27.3 Å². The molecule has 3 heterocycles. The summed E-state index contributed by atoms with van der Waals surface area (Å²) in [6, 6.07) is 1.80. The van der Waals surface area contributed by atoms with Gasteiger partial charge in [-0.1, -0.05) is 6.08 Å². The van der Waals surface area contributed by atoms with Crippen LogP contribution in [-0.4, -0.2) is 80.7 Å². The maximum Gasteiger partial charge on any atom is 0.407 e. The number of aromatic amines is 1. The van der Waals surface area contributed by atoms with Gasteiger partial charge in [0.15, 0.2) is 5.65 Å². The number of imidazole rings is 1. The zero-order chi connectivity index (χ0) is 30.2. The molecule has 0 saturated carbocycles. The van der Waals surface area contributed by atoms with E-state index in [0.29, 0.717) is 0 Å². The molecule has 3 aromatic heterocycles. The van der Waals surface area contributed by atoms with Crippen molar-refractivity contribution >= 4 is 34.8 Å². The molecule has 16 heteroatoms.